The van der Waals surface area contributed by atoms with E-state index in [-0.39, 0.29) is 0 Å². The van der Waals surface area contributed by atoms with Crippen LogP contribution in [0.1, 0.15) is 22.3 Å². The molecular formula is C28H16Cl2S. The van der Waals surface area contributed by atoms with E-state index in [0.717, 1.165) is 32.0 Å². The molecule has 4 rings (SSSR count). The van der Waals surface area contributed by atoms with Crippen LogP contribution in [0.5, 0.6) is 0 Å². The minimum Gasteiger partial charge on any atom is -0.0875 e. The molecule has 0 nitrogen and oxygen atoms in total. The molecule has 0 aromatic heterocycles. The maximum atomic E-state index is 5.96. The summed E-state index contributed by atoms with van der Waals surface area (Å²) in [4.78, 5) is 2.18. The summed E-state index contributed by atoms with van der Waals surface area (Å²) in [6.07, 6.45) is 0. The Morgan fingerprint density at radius 3 is 1.26 bits per heavy atom. The van der Waals surface area contributed by atoms with Gasteiger partial charge in [-0.15, -0.1) is 0 Å². The molecule has 0 aliphatic rings. The van der Waals surface area contributed by atoms with Gasteiger partial charge in [0, 0.05) is 42.1 Å². The summed E-state index contributed by atoms with van der Waals surface area (Å²) >= 11 is 13.6. The van der Waals surface area contributed by atoms with Crippen molar-refractivity contribution in [2.45, 2.75) is 9.79 Å². The van der Waals surface area contributed by atoms with Gasteiger partial charge in [0.2, 0.25) is 0 Å². The number of halogens is 2. The van der Waals surface area contributed by atoms with Gasteiger partial charge >= 0.3 is 0 Å². The minimum atomic E-state index is 0.706. The average Bonchev–Trinajstić information content (AvgIpc) is 2.80. The molecule has 0 atom stereocenters. The molecule has 0 unspecified atom stereocenters. The van der Waals surface area contributed by atoms with Crippen molar-refractivity contribution in [1.82, 2.24) is 0 Å². The van der Waals surface area contributed by atoms with Gasteiger partial charge in [-0.05, 0) is 72.8 Å². The second kappa shape index (κ2) is 10.3. The molecule has 0 heterocycles. The molecule has 0 aliphatic carbocycles. The summed E-state index contributed by atoms with van der Waals surface area (Å²) in [6, 6.07) is 31.4. The standard InChI is InChI=1S/C28H16Cl2S/c29-25-17-11-21(12-18-25)9-15-23-5-1-3-7-27(23)31-28-8-4-2-6-24(28)16-10-22-13-19-26(30)20-14-22/h1-8,11-14,17-20H. The lowest BCUT2D eigenvalue weighted by Crippen LogP contribution is -1.85. The van der Waals surface area contributed by atoms with Crippen molar-refractivity contribution in [3.63, 3.8) is 0 Å². The van der Waals surface area contributed by atoms with E-state index in [4.69, 9.17) is 23.2 Å². The maximum absolute atomic E-state index is 5.96. The number of rotatable bonds is 2. The molecule has 31 heavy (non-hydrogen) atoms. The quantitative estimate of drug-likeness (QED) is 0.277. The molecule has 0 saturated carbocycles. The Hall–Kier alpha value is -3.07. The van der Waals surface area contributed by atoms with Crippen molar-refractivity contribution >= 4 is 35.0 Å². The fourth-order valence-electron chi connectivity index (χ4n) is 2.78. The van der Waals surface area contributed by atoms with E-state index in [1.165, 1.54) is 0 Å². The first-order valence-corrected chi connectivity index (χ1v) is 11.2. The van der Waals surface area contributed by atoms with Crippen molar-refractivity contribution in [2.24, 2.45) is 0 Å². The smallest absolute Gasteiger partial charge is 0.0406 e. The van der Waals surface area contributed by atoms with Crippen LogP contribution in [0.4, 0.5) is 0 Å². The van der Waals surface area contributed by atoms with Gasteiger partial charge in [-0.2, -0.15) is 0 Å². The molecule has 0 fully saturated rings. The van der Waals surface area contributed by atoms with Crippen LogP contribution in [0.2, 0.25) is 10.0 Å². The zero-order valence-corrected chi connectivity index (χ0v) is 18.7. The monoisotopic (exact) mass is 454 g/mol. The highest BCUT2D eigenvalue weighted by Gasteiger charge is 2.05. The van der Waals surface area contributed by atoms with Crippen LogP contribution >= 0.6 is 35.0 Å². The molecule has 0 saturated heterocycles. The van der Waals surface area contributed by atoms with Crippen molar-refractivity contribution in [2.75, 3.05) is 0 Å². The van der Waals surface area contributed by atoms with Gasteiger partial charge in [-0.3, -0.25) is 0 Å². The van der Waals surface area contributed by atoms with Crippen molar-refractivity contribution in [1.29, 1.82) is 0 Å². The summed E-state index contributed by atoms with van der Waals surface area (Å²) in [7, 11) is 0. The molecule has 0 N–H and O–H groups in total. The predicted octanol–water partition coefficient (Wildman–Crippen LogP) is 7.94. The van der Waals surface area contributed by atoms with Crippen LogP contribution < -0.4 is 0 Å². The summed E-state index contributed by atoms with van der Waals surface area (Å²) < 4.78 is 0. The van der Waals surface area contributed by atoms with Crippen LogP contribution in [-0.2, 0) is 0 Å². The van der Waals surface area contributed by atoms with Gasteiger partial charge in [-0.1, -0.05) is 82.9 Å². The summed E-state index contributed by atoms with van der Waals surface area (Å²) in [5.41, 5.74) is 3.81. The van der Waals surface area contributed by atoms with Crippen molar-refractivity contribution in [3.05, 3.63) is 129 Å². The topological polar surface area (TPSA) is 0 Å². The van der Waals surface area contributed by atoms with E-state index in [9.17, 15) is 0 Å². The predicted molar refractivity (Wildman–Crippen MR) is 132 cm³/mol. The normalized spacial score (nSPS) is 9.87. The molecule has 0 radical (unpaired) electrons. The fraction of sp³-hybridized carbons (Fsp3) is 0. The van der Waals surface area contributed by atoms with Crippen LogP contribution in [0.15, 0.2) is 107 Å². The van der Waals surface area contributed by atoms with Crippen molar-refractivity contribution in [3.8, 4) is 23.7 Å². The molecule has 148 valence electrons. The Morgan fingerprint density at radius 1 is 0.452 bits per heavy atom. The van der Waals surface area contributed by atoms with E-state index < -0.39 is 0 Å². The van der Waals surface area contributed by atoms with Crippen LogP contribution in [0.3, 0.4) is 0 Å². The number of benzene rings is 4. The highest BCUT2D eigenvalue weighted by molar-refractivity contribution is 7.99. The average molecular weight is 455 g/mol. The Bertz CT molecular complexity index is 1210. The zero-order valence-electron chi connectivity index (χ0n) is 16.4. The number of hydrogen-bond acceptors (Lipinski definition) is 1. The SMILES string of the molecule is Clc1ccc(C#Cc2ccccc2Sc2ccccc2C#Cc2ccc(Cl)cc2)cc1. The van der Waals surface area contributed by atoms with Gasteiger partial charge in [-0.25, -0.2) is 0 Å². The Kier molecular flexibility index (Phi) is 7.03. The first kappa shape index (κ1) is 21.2. The lowest BCUT2D eigenvalue weighted by atomic mass is 10.2. The first-order valence-electron chi connectivity index (χ1n) is 9.58. The fourth-order valence-corrected chi connectivity index (χ4v) is 4.02. The second-order valence-electron chi connectivity index (χ2n) is 6.61. The van der Waals surface area contributed by atoms with E-state index in [2.05, 4.69) is 35.8 Å². The highest BCUT2D eigenvalue weighted by Crippen LogP contribution is 2.32. The van der Waals surface area contributed by atoms with E-state index >= 15 is 0 Å². The van der Waals surface area contributed by atoms with E-state index in [1.54, 1.807) is 11.8 Å². The van der Waals surface area contributed by atoms with Crippen LogP contribution in [0.25, 0.3) is 0 Å². The Morgan fingerprint density at radius 2 is 0.839 bits per heavy atom. The van der Waals surface area contributed by atoms with Gasteiger partial charge in [0.25, 0.3) is 0 Å². The first-order chi connectivity index (χ1) is 15.2. The summed E-state index contributed by atoms with van der Waals surface area (Å²) in [5, 5.41) is 1.41. The molecule has 0 spiro atoms. The van der Waals surface area contributed by atoms with Gasteiger partial charge in [0.15, 0.2) is 0 Å². The zero-order chi connectivity index (χ0) is 21.5. The van der Waals surface area contributed by atoms with Gasteiger partial charge < -0.3 is 0 Å². The lowest BCUT2D eigenvalue weighted by Gasteiger charge is -2.06. The molecule has 0 aliphatic heterocycles. The van der Waals surface area contributed by atoms with Crippen molar-refractivity contribution < 1.29 is 0 Å². The summed E-state index contributed by atoms with van der Waals surface area (Å²) in [5.74, 6) is 13.0. The van der Waals surface area contributed by atoms with Gasteiger partial charge in [0.1, 0.15) is 0 Å². The second-order valence-corrected chi connectivity index (χ2v) is 8.56. The van der Waals surface area contributed by atoms with Crippen LogP contribution in [-0.4, -0.2) is 0 Å². The maximum Gasteiger partial charge on any atom is 0.0406 e. The molecule has 0 amide bonds. The molecule has 0 bridgehead atoms. The van der Waals surface area contributed by atoms with E-state index in [1.807, 2.05) is 84.9 Å². The summed E-state index contributed by atoms with van der Waals surface area (Å²) in [6.45, 7) is 0. The molecular weight excluding hydrogens is 439 g/mol. The number of hydrogen-bond donors (Lipinski definition) is 0. The third-order valence-electron chi connectivity index (χ3n) is 4.37. The lowest BCUT2D eigenvalue weighted by molar-refractivity contribution is 1.36. The van der Waals surface area contributed by atoms with Crippen LogP contribution in [0, 0.1) is 23.7 Å². The molecule has 4 aromatic carbocycles. The highest BCUT2D eigenvalue weighted by atomic mass is 35.5. The third-order valence-corrected chi connectivity index (χ3v) is 6.02. The largest absolute Gasteiger partial charge is 0.0875 e. The Labute approximate surface area is 197 Å². The van der Waals surface area contributed by atoms with Gasteiger partial charge in [0.05, 0.1) is 0 Å². The third kappa shape index (κ3) is 5.97. The Balaban J connectivity index is 1.61. The molecule has 4 aromatic rings. The minimum absolute atomic E-state index is 0.706. The van der Waals surface area contributed by atoms with E-state index in [0.29, 0.717) is 10.0 Å². The molecule has 3 heteroatoms.